The van der Waals surface area contributed by atoms with Crippen LogP contribution in [0.5, 0.6) is 0 Å². The number of aromatic nitrogens is 2. The van der Waals surface area contributed by atoms with Crippen molar-refractivity contribution < 1.29 is 9.90 Å². The lowest BCUT2D eigenvalue weighted by Gasteiger charge is -2.15. The summed E-state index contributed by atoms with van der Waals surface area (Å²) in [5, 5.41) is 8.75. The van der Waals surface area contributed by atoms with Gasteiger partial charge in [0.1, 0.15) is 0 Å². The van der Waals surface area contributed by atoms with E-state index in [1.807, 2.05) is 24.3 Å². The molecule has 0 amide bonds. The quantitative estimate of drug-likeness (QED) is 0.626. The third kappa shape index (κ3) is 4.28. The Balaban J connectivity index is 2.45. The van der Waals surface area contributed by atoms with Gasteiger partial charge in [-0.2, -0.15) is 0 Å². The molecule has 0 aliphatic carbocycles. The number of nitrogens with zero attached hydrogens (tertiary/aromatic N) is 2. The smallest absolute Gasteiger partial charge is 0.328 e. The first kappa shape index (κ1) is 17.9. The summed E-state index contributed by atoms with van der Waals surface area (Å²) in [5.41, 5.74) is 5.51. The van der Waals surface area contributed by atoms with Gasteiger partial charge < -0.3 is 5.11 Å². The molecule has 0 saturated heterocycles. The molecule has 0 atom stereocenters. The van der Waals surface area contributed by atoms with Crippen molar-refractivity contribution in [3.05, 3.63) is 52.9 Å². The van der Waals surface area contributed by atoms with Gasteiger partial charge in [0.2, 0.25) is 0 Å². The van der Waals surface area contributed by atoms with Crippen molar-refractivity contribution in [1.82, 2.24) is 9.97 Å². The Morgan fingerprint density at radius 2 is 1.62 bits per heavy atom. The van der Waals surface area contributed by atoms with Crippen molar-refractivity contribution in [3.63, 3.8) is 0 Å². The summed E-state index contributed by atoms with van der Waals surface area (Å²) in [5.74, 6) is -0.286. The molecule has 0 bridgehead atoms. The highest BCUT2D eigenvalue weighted by molar-refractivity contribution is 5.82. The Labute approximate surface area is 143 Å². The van der Waals surface area contributed by atoms with E-state index < -0.39 is 5.97 Å². The predicted octanol–water partition coefficient (Wildman–Crippen LogP) is 4.92. The van der Waals surface area contributed by atoms with Gasteiger partial charge in [0.15, 0.2) is 0 Å². The van der Waals surface area contributed by atoms with Gasteiger partial charge in [-0.15, -0.1) is 0 Å². The summed E-state index contributed by atoms with van der Waals surface area (Å²) in [4.78, 5) is 20.3. The standard InChI is InChI=1S/C20H24N2O2/c1-12(2)19-20(13(3)4)22-17-11-15(8-9-16(17)21-19)7-6-14(5)10-18(23)24/h6-13H,1-5H3,(H,23,24)/b7-6+,14-10+. The minimum atomic E-state index is -0.940. The van der Waals surface area contributed by atoms with Crippen molar-refractivity contribution in [2.45, 2.75) is 46.5 Å². The SMILES string of the molecule is CC(/C=C/c1ccc2nc(C(C)C)c(C(C)C)nc2c1)=C\C(=O)O. The predicted molar refractivity (Wildman–Crippen MR) is 98.1 cm³/mol. The highest BCUT2D eigenvalue weighted by atomic mass is 16.4. The second kappa shape index (κ2) is 7.39. The Morgan fingerprint density at radius 1 is 1.04 bits per heavy atom. The molecule has 126 valence electrons. The average Bonchev–Trinajstić information content (AvgIpc) is 2.50. The summed E-state index contributed by atoms with van der Waals surface area (Å²) in [6, 6.07) is 5.93. The summed E-state index contributed by atoms with van der Waals surface area (Å²) in [6.07, 6.45) is 4.86. The molecule has 1 N–H and O–H groups in total. The van der Waals surface area contributed by atoms with Gasteiger partial charge in [-0.25, -0.2) is 14.8 Å². The number of carboxylic acids is 1. The number of benzene rings is 1. The molecule has 0 saturated carbocycles. The number of aliphatic carboxylic acids is 1. The van der Waals surface area contributed by atoms with Crippen LogP contribution in [0.4, 0.5) is 0 Å². The van der Waals surface area contributed by atoms with E-state index in [2.05, 4.69) is 27.7 Å². The second-order valence-corrected chi connectivity index (χ2v) is 6.61. The Bertz CT molecular complexity index is 818. The first-order valence-corrected chi connectivity index (χ1v) is 8.18. The van der Waals surface area contributed by atoms with Crippen molar-refractivity contribution in [2.75, 3.05) is 0 Å². The number of fused-ring (bicyclic) bond motifs is 1. The number of carbonyl (C=O) groups is 1. The Hall–Kier alpha value is -2.49. The fourth-order valence-electron chi connectivity index (χ4n) is 2.52. The minimum Gasteiger partial charge on any atom is -0.478 e. The van der Waals surface area contributed by atoms with E-state index in [4.69, 9.17) is 15.1 Å². The van der Waals surface area contributed by atoms with E-state index in [1.54, 1.807) is 13.0 Å². The zero-order chi connectivity index (χ0) is 17.9. The fraction of sp³-hybridized carbons (Fsp3) is 0.350. The molecule has 2 aromatic rings. The highest BCUT2D eigenvalue weighted by Crippen LogP contribution is 2.26. The van der Waals surface area contributed by atoms with Crippen LogP contribution < -0.4 is 0 Å². The molecule has 0 unspecified atom stereocenters. The molecule has 4 nitrogen and oxygen atoms in total. The van der Waals surface area contributed by atoms with E-state index in [-0.39, 0.29) is 0 Å². The third-order valence-corrected chi connectivity index (χ3v) is 3.73. The lowest BCUT2D eigenvalue weighted by molar-refractivity contribution is -0.131. The molecule has 0 aliphatic heterocycles. The average molecular weight is 324 g/mol. The normalized spacial score (nSPS) is 12.7. The van der Waals surface area contributed by atoms with Gasteiger partial charge in [-0.1, -0.05) is 45.9 Å². The maximum absolute atomic E-state index is 10.7. The van der Waals surface area contributed by atoms with E-state index in [0.717, 1.165) is 28.0 Å². The topological polar surface area (TPSA) is 63.1 Å². The second-order valence-electron chi connectivity index (χ2n) is 6.61. The number of hydrogen-bond donors (Lipinski definition) is 1. The van der Waals surface area contributed by atoms with Crippen LogP contribution in [0.2, 0.25) is 0 Å². The molecule has 1 heterocycles. The lowest BCUT2D eigenvalue weighted by atomic mass is 10.00. The summed E-state index contributed by atoms with van der Waals surface area (Å²) < 4.78 is 0. The molecule has 0 aliphatic rings. The number of allylic oxidation sites excluding steroid dienone is 2. The van der Waals surface area contributed by atoms with Gasteiger partial charge in [0.25, 0.3) is 0 Å². The van der Waals surface area contributed by atoms with Gasteiger partial charge >= 0.3 is 5.97 Å². The molecule has 1 aromatic carbocycles. The zero-order valence-corrected chi connectivity index (χ0v) is 14.9. The van der Waals surface area contributed by atoms with Crippen LogP contribution >= 0.6 is 0 Å². The molecule has 0 radical (unpaired) electrons. The van der Waals surface area contributed by atoms with Crippen molar-refractivity contribution in [2.24, 2.45) is 0 Å². The van der Waals surface area contributed by atoms with Gasteiger partial charge in [-0.05, 0) is 42.0 Å². The van der Waals surface area contributed by atoms with Crippen LogP contribution in [0.25, 0.3) is 17.1 Å². The van der Waals surface area contributed by atoms with Crippen LogP contribution in [0.1, 0.15) is 63.4 Å². The minimum absolute atomic E-state index is 0.319. The molecule has 2 rings (SSSR count). The van der Waals surface area contributed by atoms with Crippen LogP contribution in [0.3, 0.4) is 0 Å². The molecule has 4 heteroatoms. The Morgan fingerprint density at radius 3 is 2.17 bits per heavy atom. The van der Waals surface area contributed by atoms with Gasteiger partial charge in [0, 0.05) is 6.08 Å². The summed E-state index contributed by atoms with van der Waals surface area (Å²) in [7, 11) is 0. The van der Waals surface area contributed by atoms with Crippen LogP contribution in [-0.2, 0) is 4.79 Å². The number of rotatable bonds is 5. The number of carboxylic acid groups (broad SMARTS) is 1. The van der Waals surface area contributed by atoms with Gasteiger partial charge in [-0.3, -0.25) is 0 Å². The van der Waals surface area contributed by atoms with Crippen LogP contribution in [0, 0.1) is 0 Å². The maximum atomic E-state index is 10.7. The van der Waals surface area contributed by atoms with Crippen molar-refractivity contribution in [3.8, 4) is 0 Å². The molecule has 0 fully saturated rings. The maximum Gasteiger partial charge on any atom is 0.328 e. The van der Waals surface area contributed by atoms with E-state index in [9.17, 15) is 4.79 Å². The van der Waals surface area contributed by atoms with Crippen molar-refractivity contribution in [1.29, 1.82) is 0 Å². The van der Waals surface area contributed by atoms with Crippen LogP contribution in [0.15, 0.2) is 35.9 Å². The fourth-order valence-corrected chi connectivity index (χ4v) is 2.52. The van der Waals surface area contributed by atoms with Crippen LogP contribution in [-0.4, -0.2) is 21.0 Å². The first-order chi connectivity index (χ1) is 11.3. The van der Waals surface area contributed by atoms with Crippen molar-refractivity contribution >= 4 is 23.1 Å². The molecular weight excluding hydrogens is 300 g/mol. The molecule has 24 heavy (non-hydrogen) atoms. The molecule has 1 aromatic heterocycles. The lowest BCUT2D eigenvalue weighted by Crippen LogP contribution is -2.05. The Kier molecular flexibility index (Phi) is 5.50. The summed E-state index contributed by atoms with van der Waals surface area (Å²) >= 11 is 0. The monoisotopic (exact) mass is 324 g/mol. The third-order valence-electron chi connectivity index (χ3n) is 3.73. The molecular formula is C20H24N2O2. The first-order valence-electron chi connectivity index (χ1n) is 8.18. The summed E-state index contributed by atoms with van der Waals surface area (Å²) in [6.45, 7) is 10.3. The molecule has 0 spiro atoms. The number of hydrogen-bond acceptors (Lipinski definition) is 3. The highest BCUT2D eigenvalue weighted by Gasteiger charge is 2.14. The van der Waals surface area contributed by atoms with E-state index in [0.29, 0.717) is 17.4 Å². The zero-order valence-electron chi connectivity index (χ0n) is 14.9. The van der Waals surface area contributed by atoms with E-state index in [1.165, 1.54) is 6.08 Å². The van der Waals surface area contributed by atoms with Gasteiger partial charge in [0.05, 0.1) is 22.4 Å². The van der Waals surface area contributed by atoms with E-state index >= 15 is 0 Å². The largest absolute Gasteiger partial charge is 0.478 e.